The number of aromatic nitrogens is 1. The first kappa shape index (κ1) is 11.7. The van der Waals surface area contributed by atoms with Gasteiger partial charge in [-0.2, -0.15) is 0 Å². The molecule has 2 rings (SSSR count). The highest BCUT2D eigenvalue weighted by Gasteiger charge is 2.18. The Balaban J connectivity index is 2.08. The van der Waals surface area contributed by atoms with Crippen LogP contribution in [0.5, 0.6) is 0 Å². The molecule has 1 aromatic rings. The number of pyridine rings is 1. The van der Waals surface area contributed by atoms with E-state index in [-0.39, 0.29) is 0 Å². The number of hydrogen-bond acceptors (Lipinski definition) is 4. The van der Waals surface area contributed by atoms with Gasteiger partial charge < -0.3 is 15.5 Å². The molecule has 1 aliphatic heterocycles. The second kappa shape index (κ2) is 5.01. The molecule has 4 nitrogen and oxygen atoms in total. The molecule has 1 saturated heterocycles. The standard InChI is InChI=1S/C11H17BrN4/c1-2-15-3-5-16(6-4-15)11-10(13)7-9(12)8-14-11/h7-8H,2-6,13H2,1H3. The number of nitrogens with zero attached hydrogens (tertiary/aromatic N) is 3. The fourth-order valence-electron chi connectivity index (χ4n) is 1.99. The second-order valence-corrected chi connectivity index (χ2v) is 4.90. The third-order valence-electron chi connectivity index (χ3n) is 2.98. The fraction of sp³-hybridized carbons (Fsp3) is 0.545. The van der Waals surface area contributed by atoms with Crippen LogP contribution in [0.2, 0.25) is 0 Å². The van der Waals surface area contributed by atoms with E-state index in [1.807, 2.05) is 6.07 Å². The van der Waals surface area contributed by atoms with Gasteiger partial charge in [-0.3, -0.25) is 0 Å². The molecule has 0 aliphatic carbocycles. The van der Waals surface area contributed by atoms with Gasteiger partial charge in [-0.25, -0.2) is 4.98 Å². The smallest absolute Gasteiger partial charge is 0.151 e. The van der Waals surface area contributed by atoms with Crippen molar-refractivity contribution in [2.75, 3.05) is 43.4 Å². The first-order valence-corrected chi connectivity index (χ1v) is 6.38. The molecule has 1 aromatic heterocycles. The van der Waals surface area contributed by atoms with Gasteiger partial charge in [0.05, 0.1) is 5.69 Å². The lowest BCUT2D eigenvalue weighted by Gasteiger charge is -2.35. The van der Waals surface area contributed by atoms with Crippen molar-refractivity contribution in [2.45, 2.75) is 6.92 Å². The normalized spacial score (nSPS) is 17.8. The van der Waals surface area contributed by atoms with Gasteiger partial charge in [-0.15, -0.1) is 0 Å². The predicted molar refractivity (Wildman–Crippen MR) is 70.7 cm³/mol. The summed E-state index contributed by atoms with van der Waals surface area (Å²) in [6, 6.07) is 1.91. The highest BCUT2D eigenvalue weighted by molar-refractivity contribution is 9.10. The van der Waals surface area contributed by atoms with Gasteiger partial charge in [0, 0.05) is 36.8 Å². The van der Waals surface area contributed by atoms with Crippen LogP contribution >= 0.6 is 15.9 Å². The Morgan fingerprint density at radius 3 is 2.62 bits per heavy atom. The molecule has 16 heavy (non-hydrogen) atoms. The predicted octanol–water partition coefficient (Wildman–Crippen LogP) is 1.57. The third-order valence-corrected chi connectivity index (χ3v) is 3.41. The number of hydrogen-bond donors (Lipinski definition) is 1. The molecular weight excluding hydrogens is 268 g/mol. The molecule has 1 fully saturated rings. The van der Waals surface area contributed by atoms with E-state index >= 15 is 0 Å². The minimum absolute atomic E-state index is 0.749. The number of nitrogens with two attached hydrogens (primary N) is 1. The molecular formula is C11H17BrN4. The second-order valence-electron chi connectivity index (χ2n) is 3.99. The lowest BCUT2D eigenvalue weighted by atomic mass is 10.3. The molecule has 2 heterocycles. The Morgan fingerprint density at radius 1 is 1.38 bits per heavy atom. The van der Waals surface area contributed by atoms with Crippen molar-refractivity contribution < 1.29 is 0 Å². The van der Waals surface area contributed by atoms with E-state index in [2.05, 4.69) is 37.6 Å². The molecule has 88 valence electrons. The Morgan fingerprint density at radius 2 is 2.06 bits per heavy atom. The van der Waals surface area contributed by atoms with E-state index in [9.17, 15) is 0 Å². The lowest BCUT2D eigenvalue weighted by molar-refractivity contribution is 0.270. The number of likely N-dealkylation sites (N-methyl/N-ethyl adjacent to an activating group) is 1. The Hall–Kier alpha value is -0.810. The minimum atomic E-state index is 0.749. The van der Waals surface area contributed by atoms with Gasteiger partial charge in [0.15, 0.2) is 5.82 Å². The van der Waals surface area contributed by atoms with Crippen LogP contribution in [-0.4, -0.2) is 42.6 Å². The van der Waals surface area contributed by atoms with Gasteiger partial charge >= 0.3 is 0 Å². The van der Waals surface area contributed by atoms with E-state index in [1.165, 1.54) is 0 Å². The van der Waals surface area contributed by atoms with Crippen LogP contribution < -0.4 is 10.6 Å². The molecule has 0 radical (unpaired) electrons. The average Bonchev–Trinajstić information content (AvgIpc) is 2.29. The van der Waals surface area contributed by atoms with Crippen LogP contribution in [0.4, 0.5) is 11.5 Å². The summed E-state index contributed by atoms with van der Waals surface area (Å²) in [5.41, 5.74) is 6.72. The van der Waals surface area contributed by atoms with Gasteiger partial charge in [0.2, 0.25) is 0 Å². The highest BCUT2D eigenvalue weighted by atomic mass is 79.9. The molecule has 1 aliphatic rings. The van der Waals surface area contributed by atoms with Crippen LogP contribution in [0.25, 0.3) is 0 Å². The molecule has 0 aromatic carbocycles. The van der Waals surface area contributed by atoms with Gasteiger partial charge in [-0.05, 0) is 28.5 Å². The van der Waals surface area contributed by atoms with Crippen molar-refractivity contribution in [3.8, 4) is 0 Å². The van der Waals surface area contributed by atoms with E-state index < -0.39 is 0 Å². The third kappa shape index (κ3) is 2.47. The maximum Gasteiger partial charge on any atom is 0.151 e. The zero-order valence-electron chi connectivity index (χ0n) is 9.49. The average molecular weight is 285 g/mol. The Labute approximate surface area is 105 Å². The van der Waals surface area contributed by atoms with Crippen molar-refractivity contribution in [1.29, 1.82) is 0 Å². The summed E-state index contributed by atoms with van der Waals surface area (Å²) in [5, 5.41) is 0. The van der Waals surface area contributed by atoms with Crippen LogP contribution in [0.1, 0.15) is 6.92 Å². The fourth-order valence-corrected chi connectivity index (χ4v) is 2.34. The van der Waals surface area contributed by atoms with Crippen LogP contribution in [-0.2, 0) is 0 Å². The van der Waals surface area contributed by atoms with Crippen molar-refractivity contribution in [1.82, 2.24) is 9.88 Å². The van der Waals surface area contributed by atoms with Gasteiger partial charge in [-0.1, -0.05) is 6.92 Å². The zero-order valence-corrected chi connectivity index (χ0v) is 11.1. The monoisotopic (exact) mass is 284 g/mol. The summed E-state index contributed by atoms with van der Waals surface area (Å²) in [6.07, 6.45) is 1.80. The van der Waals surface area contributed by atoms with Crippen LogP contribution in [0, 0.1) is 0 Å². The maximum atomic E-state index is 5.97. The number of nitrogen functional groups attached to an aromatic ring is 1. The van der Waals surface area contributed by atoms with E-state index in [4.69, 9.17) is 5.73 Å². The summed E-state index contributed by atoms with van der Waals surface area (Å²) >= 11 is 3.37. The number of halogens is 1. The maximum absolute atomic E-state index is 5.97. The Bertz CT molecular complexity index is 361. The largest absolute Gasteiger partial charge is 0.396 e. The SMILES string of the molecule is CCN1CCN(c2ncc(Br)cc2N)CC1. The summed E-state index contributed by atoms with van der Waals surface area (Å²) in [6.45, 7) is 7.51. The topological polar surface area (TPSA) is 45.4 Å². The molecule has 0 amide bonds. The number of rotatable bonds is 2. The zero-order chi connectivity index (χ0) is 11.5. The molecule has 5 heteroatoms. The summed E-state index contributed by atoms with van der Waals surface area (Å²) in [4.78, 5) is 9.08. The van der Waals surface area contributed by atoms with E-state index in [0.717, 1.165) is 48.7 Å². The van der Waals surface area contributed by atoms with Crippen LogP contribution in [0.15, 0.2) is 16.7 Å². The first-order valence-electron chi connectivity index (χ1n) is 5.59. The minimum Gasteiger partial charge on any atom is -0.396 e. The van der Waals surface area contributed by atoms with Crippen LogP contribution in [0.3, 0.4) is 0 Å². The lowest BCUT2D eigenvalue weighted by Crippen LogP contribution is -2.46. The summed E-state index contributed by atoms with van der Waals surface area (Å²) < 4.78 is 0.931. The molecule has 0 spiro atoms. The number of piperazine rings is 1. The molecule has 0 atom stereocenters. The van der Waals surface area contributed by atoms with Gasteiger partial charge in [0.25, 0.3) is 0 Å². The van der Waals surface area contributed by atoms with E-state index in [1.54, 1.807) is 6.20 Å². The molecule has 0 saturated carbocycles. The van der Waals surface area contributed by atoms with E-state index in [0.29, 0.717) is 0 Å². The van der Waals surface area contributed by atoms with Crippen molar-refractivity contribution in [2.24, 2.45) is 0 Å². The molecule has 2 N–H and O–H groups in total. The van der Waals surface area contributed by atoms with Crippen molar-refractivity contribution in [3.63, 3.8) is 0 Å². The van der Waals surface area contributed by atoms with Gasteiger partial charge in [0.1, 0.15) is 0 Å². The molecule has 0 bridgehead atoms. The summed E-state index contributed by atoms with van der Waals surface area (Å²) in [5.74, 6) is 0.916. The quantitative estimate of drug-likeness (QED) is 0.896. The number of anilines is 2. The van der Waals surface area contributed by atoms with Crippen molar-refractivity contribution >= 4 is 27.4 Å². The van der Waals surface area contributed by atoms with Crippen molar-refractivity contribution in [3.05, 3.63) is 16.7 Å². The molecule has 0 unspecified atom stereocenters. The first-order chi connectivity index (χ1) is 7.70. The summed E-state index contributed by atoms with van der Waals surface area (Å²) in [7, 11) is 0. The Kier molecular flexibility index (Phi) is 3.66. The highest BCUT2D eigenvalue weighted by Crippen LogP contribution is 2.24.